The zero-order valence-corrected chi connectivity index (χ0v) is 54.9. The molecule has 0 bridgehead atoms. The number of aliphatic hydroxyl groups excluding tert-OH is 1. The van der Waals surface area contributed by atoms with E-state index < -0.39 is 162 Å². The molecule has 0 saturated heterocycles. The van der Waals surface area contributed by atoms with E-state index in [2.05, 4.69) is 21.3 Å². The first-order chi connectivity index (χ1) is 38.6. The average molecular weight is 1190 g/mol. The summed E-state index contributed by atoms with van der Waals surface area (Å²) in [5.74, 6) is -10.3. The van der Waals surface area contributed by atoms with Gasteiger partial charge >= 0.3 is 5.97 Å². The van der Waals surface area contributed by atoms with Crippen molar-refractivity contribution in [3.8, 4) is 0 Å². The molecule has 0 saturated carbocycles. The van der Waals surface area contributed by atoms with Crippen molar-refractivity contribution in [3.63, 3.8) is 0 Å². The third kappa shape index (κ3) is 23.0. The van der Waals surface area contributed by atoms with Gasteiger partial charge < -0.3 is 66.6 Å². The van der Waals surface area contributed by atoms with Gasteiger partial charge in [0.05, 0.1) is 18.7 Å². The standard InChI is InChI=1S/C60H109N11O13/c1-24-26-27-38(15)50(73)47(65-54(77)48(36(11)12)70(22)59(82)49(37(13)14)71(23)57(80)43(29-33(5)6)68(20)55(78)40(17)62-51(74)39(16)61)53(76)63-41(25-2)56(79)66(18)31-45(72)67(19)42(28-32(3)4)52(75)64-46(35(9)10)58(81)69(21)44(60(83)84)30-34(7)8/h24,26,32-44,46-50,73H,25,27-31,61H2,1-23H3,(H,62,74)(H,63,76)(H,64,75)(H,65,77)(H,83,84)/b26-24+/t38?,39-,40+,41-,42-,43-,44-,46-,47-,48-,49-,50?/m0/s1. The molecule has 2 unspecified atom stereocenters. The Morgan fingerprint density at radius 1 is 0.488 bits per heavy atom. The van der Waals surface area contributed by atoms with Crippen LogP contribution in [0.4, 0.5) is 0 Å². The number of hydrogen-bond donors (Lipinski definition) is 7. The molecular weight excluding hydrogens is 1080 g/mol. The zero-order chi connectivity index (χ0) is 65.7. The van der Waals surface area contributed by atoms with Crippen molar-refractivity contribution in [2.24, 2.45) is 47.2 Å². The van der Waals surface area contributed by atoms with Gasteiger partial charge in [0.2, 0.25) is 59.1 Å². The van der Waals surface area contributed by atoms with Gasteiger partial charge in [-0.2, -0.15) is 0 Å². The van der Waals surface area contributed by atoms with Gasteiger partial charge in [-0.05, 0) is 94.3 Å². The van der Waals surface area contributed by atoms with Crippen LogP contribution in [0.2, 0.25) is 0 Å². The van der Waals surface area contributed by atoms with Crippen LogP contribution < -0.4 is 27.0 Å². The highest BCUT2D eigenvalue weighted by molar-refractivity contribution is 5.98. The maximum Gasteiger partial charge on any atom is 0.326 e. The number of carboxylic acids is 1. The third-order valence-corrected chi connectivity index (χ3v) is 15.2. The lowest BCUT2D eigenvalue weighted by Gasteiger charge is -2.40. The smallest absolute Gasteiger partial charge is 0.326 e. The van der Waals surface area contributed by atoms with E-state index in [0.29, 0.717) is 0 Å². The van der Waals surface area contributed by atoms with Crippen LogP contribution in [0.5, 0.6) is 0 Å². The average Bonchev–Trinajstić information content (AvgIpc) is 3.48. The van der Waals surface area contributed by atoms with Crippen LogP contribution in [0.3, 0.4) is 0 Å². The summed E-state index contributed by atoms with van der Waals surface area (Å²) in [7, 11) is 8.42. The van der Waals surface area contributed by atoms with Crippen molar-refractivity contribution >= 4 is 65.0 Å². The molecule has 10 amide bonds. The number of amides is 10. The summed E-state index contributed by atoms with van der Waals surface area (Å²) in [5.41, 5.74) is 5.71. The molecule has 0 aliphatic carbocycles. The van der Waals surface area contributed by atoms with E-state index in [1.54, 1.807) is 74.5 Å². The zero-order valence-electron chi connectivity index (χ0n) is 54.9. The first-order valence-corrected chi connectivity index (χ1v) is 29.7. The maximum atomic E-state index is 14.8. The highest BCUT2D eigenvalue weighted by Crippen LogP contribution is 2.24. The first kappa shape index (κ1) is 77.8. The number of hydrogen-bond acceptors (Lipinski definition) is 13. The fourth-order valence-corrected chi connectivity index (χ4v) is 9.97. The van der Waals surface area contributed by atoms with Crippen LogP contribution in [-0.4, -0.2) is 220 Å². The SMILES string of the molecule is C/C=C/CC(C)C(O)[C@H](NC(=O)[C@H](C(C)C)N(C)C(=O)[C@H](C(C)C)N(C)C(=O)[C@H](CC(C)C)N(C)C(=O)[C@@H](C)NC(=O)[C@H](C)N)C(=O)N[C@@H](CC)C(=O)N(C)CC(=O)N(C)[C@@H](CC(C)C)C(=O)N[C@H](C(=O)N(C)[C@@H](CC(C)C)C(=O)O)C(C)C. The number of carbonyl (C=O) groups excluding carboxylic acids is 10. The van der Waals surface area contributed by atoms with Crippen molar-refractivity contribution in [1.29, 1.82) is 0 Å². The van der Waals surface area contributed by atoms with E-state index in [1.807, 2.05) is 41.5 Å². The molecule has 24 heteroatoms. The molecule has 12 atom stereocenters. The summed E-state index contributed by atoms with van der Waals surface area (Å²) in [6.45, 7) is 28.9. The van der Waals surface area contributed by atoms with E-state index in [9.17, 15) is 63.0 Å². The second-order valence-electron chi connectivity index (χ2n) is 25.1. The fraction of sp³-hybridized carbons (Fsp3) is 0.783. The van der Waals surface area contributed by atoms with Crippen molar-refractivity contribution in [2.75, 3.05) is 48.8 Å². The highest BCUT2D eigenvalue weighted by Gasteiger charge is 2.44. The Morgan fingerprint density at radius 3 is 1.39 bits per heavy atom. The summed E-state index contributed by atoms with van der Waals surface area (Å²) < 4.78 is 0. The number of rotatable bonds is 35. The molecule has 0 aromatic carbocycles. The van der Waals surface area contributed by atoms with Gasteiger partial charge in [-0.3, -0.25) is 47.9 Å². The lowest BCUT2D eigenvalue weighted by atomic mass is 9.92. The van der Waals surface area contributed by atoms with Crippen molar-refractivity contribution in [3.05, 3.63) is 12.2 Å². The highest BCUT2D eigenvalue weighted by atomic mass is 16.4. The first-order valence-electron chi connectivity index (χ1n) is 29.7. The lowest BCUT2D eigenvalue weighted by molar-refractivity contribution is -0.154. The second-order valence-corrected chi connectivity index (χ2v) is 25.1. The van der Waals surface area contributed by atoms with E-state index in [1.165, 1.54) is 75.7 Å². The van der Waals surface area contributed by atoms with Gasteiger partial charge in [-0.15, -0.1) is 0 Å². The molecule has 0 rings (SSSR count). The molecule has 84 heavy (non-hydrogen) atoms. The monoisotopic (exact) mass is 1190 g/mol. The summed E-state index contributed by atoms with van der Waals surface area (Å²) in [4.78, 5) is 160. The number of likely N-dealkylation sites (N-methyl/N-ethyl adjacent to an activating group) is 6. The van der Waals surface area contributed by atoms with Gasteiger partial charge in [0.25, 0.3) is 0 Å². The summed E-state index contributed by atoms with van der Waals surface area (Å²) in [6, 6.07) is -11.8. The Hall–Kier alpha value is -6.17. The van der Waals surface area contributed by atoms with Crippen LogP contribution >= 0.6 is 0 Å². The van der Waals surface area contributed by atoms with Gasteiger partial charge in [0.15, 0.2) is 0 Å². The van der Waals surface area contributed by atoms with E-state index in [0.717, 1.165) is 9.80 Å². The number of nitrogens with one attached hydrogen (secondary N) is 4. The van der Waals surface area contributed by atoms with E-state index in [4.69, 9.17) is 5.73 Å². The predicted octanol–water partition coefficient (Wildman–Crippen LogP) is 2.45. The van der Waals surface area contributed by atoms with Crippen LogP contribution in [0, 0.1) is 41.4 Å². The Labute approximate surface area is 501 Å². The quantitative estimate of drug-likeness (QED) is 0.0449. The van der Waals surface area contributed by atoms with E-state index in [-0.39, 0.29) is 49.9 Å². The molecule has 0 aromatic rings. The Kier molecular flexibility index (Phi) is 33.3. The maximum absolute atomic E-state index is 14.8. The number of nitrogens with zero attached hydrogens (tertiary/aromatic N) is 6. The Bertz CT molecular complexity index is 2260. The molecule has 0 heterocycles. The normalized spacial score (nSPS) is 16.1. The van der Waals surface area contributed by atoms with Crippen molar-refractivity contribution in [2.45, 2.75) is 216 Å². The minimum absolute atomic E-state index is 0.000989. The Morgan fingerprint density at radius 2 is 0.952 bits per heavy atom. The number of carboxylic acid groups (broad SMARTS) is 1. The van der Waals surface area contributed by atoms with Crippen molar-refractivity contribution in [1.82, 2.24) is 50.7 Å². The van der Waals surface area contributed by atoms with Crippen LogP contribution in [-0.2, 0) is 52.7 Å². The van der Waals surface area contributed by atoms with E-state index >= 15 is 0 Å². The fourth-order valence-electron chi connectivity index (χ4n) is 9.97. The number of aliphatic carboxylic acids is 1. The molecule has 0 aliphatic heterocycles. The van der Waals surface area contributed by atoms with Gasteiger partial charge in [0.1, 0.15) is 54.4 Å². The van der Waals surface area contributed by atoms with Crippen LogP contribution in [0.1, 0.15) is 150 Å². The van der Waals surface area contributed by atoms with Gasteiger partial charge in [-0.1, -0.05) is 109 Å². The topological polar surface area (TPSA) is 322 Å². The largest absolute Gasteiger partial charge is 0.480 e. The summed E-state index contributed by atoms with van der Waals surface area (Å²) in [6.07, 6.45) is 2.86. The van der Waals surface area contributed by atoms with Gasteiger partial charge in [0, 0.05) is 42.3 Å². The lowest BCUT2D eigenvalue weighted by Crippen LogP contribution is -2.63. The van der Waals surface area contributed by atoms with Crippen LogP contribution in [0.25, 0.3) is 0 Å². The Balaban J connectivity index is 6.97. The molecule has 0 spiro atoms. The molecule has 0 radical (unpaired) electrons. The summed E-state index contributed by atoms with van der Waals surface area (Å²) >= 11 is 0. The second kappa shape index (κ2) is 36.0. The summed E-state index contributed by atoms with van der Waals surface area (Å²) in [5, 5.41) is 32.5. The number of allylic oxidation sites excluding steroid dienone is 2. The van der Waals surface area contributed by atoms with Crippen LogP contribution in [0.15, 0.2) is 12.2 Å². The number of carbonyl (C=O) groups is 11. The molecule has 0 fully saturated rings. The molecule has 8 N–H and O–H groups in total. The third-order valence-electron chi connectivity index (χ3n) is 15.2. The minimum Gasteiger partial charge on any atom is -0.480 e. The molecule has 0 aromatic heterocycles. The molecule has 482 valence electrons. The molecule has 0 aliphatic rings. The number of nitrogens with two attached hydrogens (primary N) is 1. The molecular formula is C60H109N11O13. The van der Waals surface area contributed by atoms with Crippen molar-refractivity contribution < 1.29 is 63.0 Å². The number of aliphatic hydroxyl groups is 1. The minimum atomic E-state index is -1.68. The predicted molar refractivity (Wildman–Crippen MR) is 323 cm³/mol. The molecule has 24 nitrogen and oxygen atoms in total. The van der Waals surface area contributed by atoms with Gasteiger partial charge in [-0.25, -0.2) is 4.79 Å².